The van der Waals surface area contributed by atoms with Gasteiger partial charge in [0.1, 0.15) is 12.8 Å². The molecule has 1 N–H and O–H groups in total. The van der Waals surface area contributed by atoms with Crippen LogP contribution in [0.1, 0.15) is 108 Å². The smallest absolute Gasteiger partial charge is 0.303 e. The third kappa shape index (κ3) is 5.80. The second-order valence-corrected chi connectivity index (χ2v) is 11.4. The second kappa shape index (κ2) is 12.4. The Balaban J connectivity index is 1.50. The third-order valence-electron chi connectivity index (χ3n) is 8.96. The number of carbonyl (C=O) groups is 1. The molecular weight excluding hydrogens is 480 g/mol. The van der Waals surface area contributed by atoms with Crippen molar-refractivity contribution in [2.45, 2.75) is 120 Å². The van der Waals surface area contributed by atoms with Crippen molar-refractivity contribution in [3.63, 3.8) is 0 Å². The number of carboxylic acids is 1. The van der Waals surface area contributed by atoms with Crippen molar-refractivity contribution >= 4 is 22.7 Å². The third-order valence-corrected chi connectivity index (χ3v) is 8.96. The highest BCUT2D eigenvalue weighted by atomic mass is 16.6. The quantitative estimate of drug-likeness (QED) is 0.372. The Morgan fingerprint density at radius 1 is 0.921 bits per heavy atom. The molecule has 206 valence electrons. The summed E-state index contributed by atoms with van der Waals surface area (Å²) >= 11 is 0. The molecule has 1 aromatic carbocycles. The number of hydrogen-bond acceptors (Lipinski definition) is 6. The van der Waals surface area contributed by atoms with Crippen LogP contribution in [-0.4, -0.2) is 56.5 Å². The van der Waals surface area contributed by atoms with Crippen LogP contribution in [0, 0.1) is 0 Å². The van der Waals surface area contributed by atoms with E-state index in [0.717, 1.165) is 23.9 Å². The van der Waals surface area contributed by atoms with Gasteiger partial charge < -0.3 is 14.5 Å². The number of para-hydroxylation sites is 2. The van der Waals surface area contributed by atoms with Crippen LogP contribution in [0.25, 0.3) is 11.0 Å². The van der Waals surface area contributed by atoms with Gasteiger partial charge in [0.25, 0.3) is 5.56 Å². The number of carboxylic acid groups (broad SMARTS) is 1. The number of piperidine rings is 2. The van der Waals surface area contributed by atoms with E-state index in [1.807, 2.05) is 28.8 Å². The predicted octanol–water partition coefficient (Wildman–Crippen LogP) is 5.67. The Morgan fingerprint density at radius 3 is 2.21 bits per heavy atom. The summed E-state index contributed by atoms with van der Waals surface area (Å²) in [7, 11) is 1.41. The molecule has 2 saturated heterocycles. The van der Waals surface area contributed by atoms with Gasteiger partial charge in [-0.25, -0.2) is 4.98 Å². The van der Waals surface area contributed by atoms with E-state index >= 15 is 0 Å². The van der Waals surface area contributed by atoms with Crippen LogP contribution in [-0.2, 0) is 9.63 Å². The van der Waals surface area contributed by atoms with E-state index in [1.165, 1.54) is 77.7 Å². The van der Waals surface area contributed by atoms with Crippen LogP contribution in [0.3, 0.4) is 0 Å². The van der Waals surface area contributed by atoms with Gasteiger partial charge in [0.2, 0.25) is 0 Å². The first kappa shape index (κ1) is 26.9. The van der Waals surface area contributed by atoms with E-state index in [-0.39, 0.29) is 30.1 Å². The zero-order valence-corrected chi connectivity index (χ0v) is 22.7. The zero-order valence-electron chi connectivity index (χ0n) is 22.7. The molecule has 0 radical (unpaired) electrons. The lowest BCUT2D eigenvalue weighted by atomic mass is 9.79. The Hall–Kier alpha value is -2.74. The van der Waals surface area contributed by atoms with Gasteiger partial charge in [0, 0.05) is 30.6 Å². The molecule has 8 heteroatoms. The Morgan fingerprint density at radius 2 is 1.55 bits per heavy atom. The summed E-state index contributed by atoms with van der Waals surface area (Å²) in [6, 6.07) is 9.54. The first-order valence-corrected chi connectivity index (χ1v) is 14.7. The molecule has 1 unspecified atom stereocenters. The molecule has 3 fully saturated rings. The minimum absolute atomic E-state index is 0.0836. The van der Waals surface area contributed by atoms with Crippen LogP contribution in [0.15, 0.2) is 34.2 Å². The standard InChI is InChI=1S/C30H42N4O4/c1-38-32-26(17-18-28(35)36)29-30(37)34(27-16-9-8-15-25(27)31-29)24-19-22-13-10-14-23(20-24)33(22)21-11-6-4-2-3-5-7-12-21/h8-9,15-16,21-24H,2-7,10-14,17-20H2,1H3,(H,35,36)/t22-,23?,24+/m1/s1. The maximum atomic E-state index is 14.1. The molecule has 2 aliphatic heterocycles. The molecule has 3 heterocycles. The Labute approximate surface area is 225 Å². The maximum absolute atomic E-state index is 14.1. The lowest BCUT2D eigenvalue weighted by Crippen LogP contribution is -2.57. The van der Waals surface area contributed by atoms with Crippen LogP contribution >= 0.6 is 0 Å². The molecule has 2 bridgehead atoms. The predicted molar refractivity (Wildman–Crippen MR) is 149 cm³/mol. The first-order chi connectivity index (χ1) is 18.6. The van der Waals surface area contributed by atoms with Gasteiger partial charge in [0.05, 0.1) is 17.5 Å². The molecule has 1 saturated carbocycles. The van der Waals surface area contributed by atoms with Crippen molar-refractivity contribution in [3.8, 4) is 0 Å². The van der Waals surface area contributed by atoms with Crippen molar-refractivity contribution in [2.24, 2.45) is 5.16 Å². The number of benzene rings is 1. The van der Waals surface area contributed by atoms with E-state index < -0.39 is 5.97 Å². The van der Waals surface area contributed by atoms with Gasteiger partial charge in [-0.3, -0.25) is 14.5 Å². The molecule has 0 spiro atoms. The summed E-state index contributed by atoms with van der Waals surface area (Å²) < 4.78 is 1.95. The summed E-state index contributed by atoms with van der Waals surface area (Å²) in [5.74, 6) is -0.944. The number of nitrogens with zero attached hydrogens (tertiary/aromatic N) is 4. The average molecular weight is 523 g/mol. The summed E-state index contributed by atoms with van der Waals surface area (Å²) in [6.07, 6.45) is 16.3. The molecule has 3 atom stereocenters. The summed E-state index contributed by atoms with van der Waals surface area (Å²) in [4.78, 5) is 37.9. The average Bonchev–Trinajstić information content (AvgIpc) is 3.04. The van der Waals surface area contributed by atoms with Crippen molar-refractivity contribution in [1.82, 2.24) is 14.5 Å². The molecular formula is C30H42N4O4. The van der Waals surface area contributed by atoms with Gasteiger partial charge in [-0.05, 0) is 50.7 Å². The van der Waals surface area contributed by atoms with E-state index in [9.17, 15) is 14.7 Å². The van der Waals surface area contributed by atoms with Gasteiger partial charge in [-0.15, -0.1) is 0 Å². The van der Waals surface area contributed by atoms with Gasteiger partial charge in [-0.1, -0.05) is 62.2 Å². The number of aliphatic carboxylic acids is 1. The summed E-state index contributed by atoms with van der Waals surface area (Å²) in [5.41, 5.74) is 1.88. The second-order valence-electron chi connectivity index (χ2n) is 11.4. The highest BCUT2D eigenvalue weighted by molar-refractivity contribution is 6.00. The monoisotopic (exact) mass is 522 g/mol. The minimum atomic E-state index is -0.944. The molecule has 1 aromatic heterocycles. The molecule has 1 aliphatic carbocycles. The van der Waals surface area contributed by atoms with Crippen molar-refractivity contribution in [2.75, 3.05) is 7.11 Å². The number of aromatic nitrogens is 2. The van der Waals surface area contributed by atoms with Crippen molar-refractivity contribution < 1.29 is 14.7 Å². The van der Waals surface area contributed by atoms with E-state index in [1.54, 1.807) is 0 Å². The maximum Gasteiger partial charge on any atom is 0.303 e. The number of hydrogen-bond donors (Lipinski definition) is 1. The van der Waals surface area contributed by atoms with Gasteiger partial charge in [-0.2, -0.15) is 0 Å². The SMILES string of the molecule is CON=C(CCC(=O)O)c1nc2ccccc2n([C@@H]2CC3CCC[C@H](C2)N3C2CCCCCCCC2)c1=O. The lowest BCUT2D eigenvalue weighted by molar-refractivity contribution is -0.136. The van der Waals surface area contributed by atoms with Gasteiger partial charge >= 0.3 is 5.97 Å². The van der Waals surface area contributed by atoms with Crippen LogP contribution in [0.5, 0.6) is 0 Å². The van der Waals surface area contributed by atoms with Crippen LogP contribution < -0.4 is 5.56 Å². The summed E-state index contributed by atoms with van der Waals surface area (Å²) in [5, 5.41) is 13.3. The highest BCUT2D eigenvalue weighted by Gasteiger charge is 2.42. The fourth-order valence-corrected chi connectivity index (χ4v) is 7.35. The normalized spacial score (nSPS) is 25.9. The topological polar surface area (TPSA) is 97.0 Å². The molecule has 5 rings (SSSR count). The Kier molecular flexibility index (Phi) is 8.77. The molecule has 2 aromatic rings. The van der Waals surface area contributed by atoms with E-state index in [4.69, 9.17) is 4.84 Å². The van der Waals surface area contributed by atoms with Crippen molar-refractivity contribution in [1.29, 1.82) is 0 Å². The van der Waals surface area contributed by atoms with Gasteiger partial charge in [0.15, 0.2) is 5.69 Å². The van der Waals surface area contributed by atoms with E-state index in [2.05, 4.69) is 15.0 Å². The molecule has 38 heavy (non-hydrogen) atoms. The van der Waals surface area contributed by atoms with Crippen LogP contribution in [0.2, 0.25) is 0 Å². The fourth-order valence-electron chi connectivity index (χ4n) is 7.35. The number of fused-ring (bicyclic) bond motifs is 3. The van der Waals surface area contributed by atoms with Crippen LogP contribution in [0.4, 0.5) is 0 Å². The molecule has 3 aliphatic rings. The largest absolute Gasteiger partial charge is 0.481 e. The number of oxime groups is 1. The lowest BCUT2D eigenvalue weighted by Gasteiger charge is -2.53. The minimum Gasteiger partial charge on any atom is -0.481 e. The molecule has 8 nitrogen and oxygen atoms in total. The van der Waals surface area contributed by atoms with E-state index in [0.29, 0.717) is 23.8 Å². The molecule has 0 amide bonds. The first-order valence-electron chi connectivity index (χ1n) is 14.7. The Bertz CT molecular complexity index is 1180. The highest BCUT2D eigenvalue weighted by Crippen LogP contribution is 2.42. The fraction of sp³-hybridized carbons (Fsp3) is 0.667. The number of rotatable bonds is 7. The summed E-state index contributed by atoms with van der Waals surface area (Å²) in [6.45, 7) is 0. The zero-order chi connectivity index (χ0) is 26.5. The van der Waals surface area contributed by atoms with Crippen molar-refractivity contribution in [3.05, 3.63) is 40.3 Å².